The van der Waals surface area contributed by atoms with E-state index < -0.39 is 16.8 Å². The Morgan fingerprint density at radius 2 is 1.91 bits per heavy atom. The van der Waals surface area contributed by atoms with Gasteiger partial charge in [0.05, 0.1) is 36.2 Å². The molecule has 33 heavy (non-hydrogen) atoms. The molecule has 174 valence electrons. The number of carbonyl (C=O) groups is 1. The van der Waals surface area contributed by atoms with Crippen molar-refractivity contribution in [2.75, 3.05) is 26.7 Å². The van der Waals surface area contributed by atoms with Crippen molar-refractivity contribution >= 4 is 22.8 Å². The second kappa shape index (κ2) is 11.6. The van der Waals surface area contributed by atoms with Crippen molar-refractivity contribution in [3.63, 3.8) is 0 Å². The number of benzene rings is 2. The molecule has 0 bridgehead atoms. The number of nitrogens with zero attached hydrogens (tertiary/aromatic N) is 1. The van der Waals surface area contributed by atoms with Crippen LogP contribution < -0.4 is 4.74 Å². The highest BCUT2D eigenvalue weighted by Crippen LogP contribution is 2.36. The van der Waals surface area contributed by atoms with Gasteiger partial charge in [0, 0.05) is 22.6 Å². The molecule has 6 nitrogen and oxygen atoms in total. The maximum atomic E-state index is 13.4. The van der Waals surface area contributed by atoms with Crippen LogP contribution in [0.4, 0.5) is 0 Å². The summed E-state index contributed by atoms with van der Waals surface area (Å²) in [6.45, 7) is 6.97. The quantitative estimate of drug-likeness (QED) is 0.411. The minimum Gasteiger partial charge on any atom is -0.495 e. The number of hydrogen-bond donors (Lipinski definition) is 1. The number of likely N-dealkylation sites (N-methyl/N-ethyl adjacent to an activating group) is 1. The van der Waals surface area contributed by atoms with E-state index in [0.717, 1.165) is 25.2 Å². The zero-order valence-corrected chi connectivity index (χ0v) is 19.9. The standard InChI is InChI=1S/C26H29NO5S/c1-4-27(5-2)15-8-10-19-9-6-7-11-23(19)33(30)18-21-12-13-22(20-14-16-32-17-20)25(31-3)24(21)26(28)29/h6-14,16-17H,4-5,15,18H2,1-3H3,(H,28,29)/b10-8+. The van der Waals surface area contributed by atoms with Gasteiger partial charge >= 0.3 is 5.97 Å². The van der Waals surface area contributed by atoms with Crippen LogP contribution in [0.5, 0.6) is 5.75 Å². The van der Waals surface area contributed by atoms with Crippen LogP contribution in [-0.4, -0.2) is 46.9 Å². The summed E-state index contributed by atoms with van der Waals surface area (Å²) in [6.07, 6.45) is 7.09. The highest BCUT2D eigenvalue weighted by atomic mass is 32.2. The van der Waals surface area contributed by atoms with E-state index >= 15 is 0 Å². The van der Waals surface area contributed by atoms with Gasteiger partial charge in [0.1, 0.15) is 11.3 Å². The molecule has 0 radical (unpaired) electrons. The molecule has 1 heterocycles. The van der Waals surface area contributed by atoms with Gasteiger partial charge in [-0.05, 0) is 36.3 Å². The van der Waals surface area contributed by atoms with E-state index in [-0.39, 0.29) is 17.1 Å². The highest BCUT2D eigenvalue weighted by molar-refractivity contribution is 7.84. The molecule has 1 aromatic heterocycles. The van der Waals surface area contributed by atoms with Gasteiger partial charge in [0.15, 0.2) is 0 Å². The second-order valence-electron chi connectivity index (χ2n) is 7.41. The number of ether oxygens (including phenoxy) is 1. The molecular formula is C26H29NO5S. The van der Waals surface area contributed by atoms with Crippen LogP contribution >= 0.6 is 0 Å². The first-order valence-electron chi connectivity index (χ1n) is 10.8. The number of hydrogen-bond acceptors (Lipinski definition) is 5. The fraction of sp³-hybridized carbons (Fsp3) is 0.269. The fourth-order valence-electron chi connectivity index (χ4n) is 3.69. The molecule has 0 amide bonds. The van der Waals surface area contributed by atoms with Crippen LogP contribution in [0, 0.1) is 0 Å². The SMILES string of the molecule is CCN(CC)C/C=C/c1ccccc1S(=O)Cc1ccc(-c2ccoc2)c(OC)c1C(=O)O. The summed E-state index contributed by atoms with van der Waals surface area (Å²) >= 11 is 0. The van der Waals surface area contributed by atoms with Gasteiger partial charge in [-0.15, -0.1) is 0 Å². The van der Waals surface area contributed by atoms with Crippen molar-refractivity contribution in [1.82, 2.24) is 4.90 Å². The number of rotatable bonds is 11. The molecule has 1 atom stereocenters. The lowest BCUT2D eigenvalue weighted by Crippen LogP contribution is -2.22. The van der Waals surface area contributed by atoms with E-state index in [4.69, 9.17) is 9.15 Å². The first kappa shape index (κ1) is 24.5. The highest BCUT2D eigenvalue weighted by Gasteiger charge is 2.23. The maximum Gasteiger partial charge on any atom is 0.339 e. The monoisotopic (exact) mass is 467 g/mol. The van der Waals surface area contributed by atoms with Crippen LogP contribution in [0.25, 0.3) is 17.2 Å². The summed E-state index contributed by atoms with van der Waals surface area (Å²) < 4.78 is 24.0. The Bertz CT molecular complexity index is 1130. The van der Waals surface area contributed by atoms with E-state index in [1.807, 2.05) is 30.3 Å². The van der Waals surface area contributed by atoms with Gasteiger partial charge in [-0.2, -0.15) is 0 Å². The Morgan fingerprint density at radius 3 is 2.55 bits per heavy atom. The van der Waals surface area contributed by atoms with Crippen molar-refractivity contribution in [2.45, 2.75) is 24.5 Å². The largest absolute Gasteiger partial charge is 0.495 e. The van der Waals surface area contributed by atoms with Crippen LogP contribution in [0.3, 0.4) is 0 Å². The second-order valence-corrected chi connectivity index (χ2v) is 8.83. The topological polar surface area (TPSA) is 80.0 Å². The van der Waals surface area contributed by atoms with Crippen molar-refractivity contribution in [3.05, 3.63) is 77.8 Å². The molecule has 3 rings (SSSR count). The number of carboxylic acid groups (broad SMARTS) is 1. The van der Waals surface area contributed by atoms with Gasteiger partial charge < -0.3 is 19.2 Å². The molecule has 3 aromatic rings. The number of carboxylic acids is 1. The fourth-order valence-corrected chi connectivity index (χ4v) is 5.00. The molecule has 2 aromatic carbocycles. The summed E-state index contributed by atoms with van der Waals surface area (Å²) in [5.41, 5.74) is 2.65. The maximum absolute atomic E-state index is 13.4. The lowest BCUT2D eigenvalue weighted by atomic mass is 9.99. The first-order valence-corrected chi connectivity index (χ1v) is 12.1. The van der Waals surface area contributed by atoms with Gasteiger partial charge in [0.2, 0.25) is 0 Å². The summed E-state index contributed by atoms with van der Waals surface area (Å²) in [6, 6.07) is 12.7. The predicted molar refractivity (Wildman–Crippen MR) is 131 cm³/mol. The minimum atomic E-state index is -1.45. The normalized spacial score (nSPS) is 12.4. The van der Waals surface area contributed by atoms with Crippen molar-refractivity contribution < 1.29 is 23.3 Å². The minimum absolute atomic E-state index is 0.0131. The smallest absolute Gasteiger partial charge is 0.339 e. The average Bonchev–Trinajstić information content (AvgIpc) is 3.36. The van der Waals surface area contributed by atoms with Gasteiger partial charge in [-0.1, -0.05) is 56.3 Å². The number of methoxy groups -OCH3 is 1. The zero-order valence-electron chi connectivity index (χ0n) is 19.1. The molecule has 0 spiro atoms. The van der Waals surface area contributed by atoms with Crippen LogP contribution in [0.1, 0.15) is 35.3 Å². The molecule has 0 fully saturated rings. The Labute approximate surface area is 197 Å². The summed E-state index contributed by atoms with van der Waals surface area (Å²) in [7, 11) is -0.0137. The lowest BCUT2D eigenvalue weighted by molar-refractivity contribution is 0.0692. The van der Waals surface area contributed by atoms with Gasteiger partial charge in [0.25, 0.3) is 0 Å². The Kier molecular flexibility index (Phi) is 8.63. The molecule has 0 aliphatic carbocycles. The van der Waals surface area contributed by atoms with E-state index in [1.165, 1.54) is 19.6 Å². The molecule has 0 saturated carbocycles. The lowest BCUT2D eigenvalue weighted by Gasteiger charge is -2.16. The van der Waals surface area contributed by atoms with Crippen molar-refractivity contribution in [2.24, 2.45) is 0 Å². The summed E-state index contributed by atoms with van der Waals surface area (Å²) in [4.78, 5) is 15.1. The molecule has 1 N–H and O–H groups in total. The molecule has 0 saturated heterocycles. The summed E-state index contributed by atoms with van der Waals surface area (Å²) in [5.74, 6) is -0.840. The van der Waals surface area contributed by atoms with E-state index in [1.54, 1.807) is 18.2 Å². The summed E-state index contributed by atoms with van der Waals surface area (Å²) in [5, 5.41) is 9.93. The number of aromatic carboxylic acids is 1. The third-order valence-electron chi connectivity index (χ3n) is 5.50. The molecule has 1 unspecified atom stereocenters. The van der Waals surface area contributed by atoms with Crippen molar-refractivity contribution in [3.8, 4) is 16.9 Å². The van der Waals surface area contributed by atoms with Gasteiger partial charge in [-0.3, -0.25) is 4.21 Å². The predicted octanol–water partition coefficient (Wildman–Crippen LogP) is 5.32. The molecule has 0 aliphatic heterocycles. The van der Waals surface area contributed by atoms with E-state index in [2.05, 4.69) is 24.8 Å². The zero-order chi connectivity index (χ0) is 23.8. The molecule has 0 aliphatic rings. The number of furan rings is 1. The van der Waals surface area contributed by atoms with Crippen LogP contribution in [0.15, 0.2) is 70.4 Å². The van der Waals surface area contributed by atoms with E-state index in [9.17, 15) is 14.1 Å². The van der Waals surface area contributed by atoms with Crippen LogP contribution in [0.2, 0.25) is 0 Å². The van der Waals surface area contributed by atoms with Crippen LogP contribution in [-0.2, 0) is 16.6 Å². The molecular weight excluding hydrogens is 438 g/mol. The Balaban J connectivity index is 1.92. The molecule has 7 heteroatoms. The Morgan fingerprint density at radius 1 is 1.15 bits per heavy atom. The van der Waals surface area contributed by atoms with E-state index in [0.29, 0.717) is 21.6 Å². The first-order chi connectivity index (χ1) is 16.0. The third kappa shape index (κ3) is 5.80. The average molecular weight is 468 g/mol. The third-order valence-corrected chi connectivity index (χ3v) is 6.94. The Hall–Kier alpha value is -3.16. The van der Waals surface area contributed by atoms with Gasteiger partial charge in [-0.25, -0.2) is 4.79 Å². The van der Waals surface area contributed by atoms with Crippen molar-refractivity contribution in [1.29, 1.82) is 0 Å².